The highest BCUT2D eigenvalue weighted by Crippen LogP contribution is 2.31. The predicted molar refractivity (Wildman–Crippen MR) is 114 cm³/mol. The Morgan fingerprint density at radius 1 is 1.42 bits per heavy atom. The van der Waals surface area contributed by atoms with E-state index in [4.69, 9.17) is 15.9 Å². The summed E-state index contributed by atoms with van der Waals surface area (Å²) in [5.41, 5.74) is 6.96. The van der Waals surface area contributed by atoms with Crippen molar-refractivity contribution in [2.24, 2.45) is 0 Å². The first kappa shape index (κ1) is 23.3. The van der Waals surface area contributed by atoms with Gasteiger partial charge in [-0.05, 0) is 38.2 Å². The van der Waals surface area contributed by atoms with Gasteiger partial charge in [-0.1, -0.05) is 0 Å². The SMILES string of the molecule is CNC/C(NC)=C(/C(=N)C#N)c1cnc(N)c(O[C@H](C)c2cc(F)ccc2C(=O)O)c1. The molecule has 2 aromatic rings. The van der Waals surface area contributed by atoms with E-state index in [1.165, 1.54) is 12.3 Å². The van der Waals surface area contributed by atoms with Crippen molar-refractivity contribution in [1.29, 1.82) is 10.7 Å². The number of aromatic carboxylic acids is 1. The fraction of sp³-hybridized carbons (Fsp3) is 0.238. The minimum Gasteiger partial charge on any atom is -0.482 e. The summed E-state index contributed by atoms with van der Waals surface area (Å²) < 4.78 is 19.6. The van der Waals surface area contributed by atoms with E-state index in [0.29, 0.717) is 23.4 Å². The number of aromatic nitrogens is 1. The van der Waals surface area contributed by atoms with E-state index < -0.39 is 17.9 Å². The quantitative estimate of drug-likeness (QED) is 0.382. The minimum atomic E-state index is -1.22. The number of benzene rings is 1. The van der Waals surface area contributed by atoms with Crippen LogP contribution in [0.25, 0.3) is 5.57 Å². The molecule has 0 fully saturated rings. The van der Waals surface area contributed by atoms with Gasteiger partial charge in [-0.15, -0.1) is 0 Å². The Morgan fingerprint density at radius 2 is 2.13 bits per heavy atom. The van der Waals surface area contributed by atoms with Crippen LogP contribution >= 0.6 is 0 Å². The average molecular weight is 426 g/mol. The number of likely N-dealkylation sites (N-methyl/N-ethyl adjacent to an activating group) is 2. The van der Waals surface area contributed by atoms with Gasteiger partial charge in [0.15, 0.2) is 11.6 Å². The van der Waals surface area contributed by atoms with Crippen molar-refractivity contribution in [3.05, 3.63) is 58.7 Å². The highest BCUT2D eigenvalue weighted by atomic mass is 19.1. The van der Waals surface area contributed by atoms with Gasteiger partial charge in [-0.2, -0.15) is 5.26 Å². The maximum Gasteiger partial charge on any atom is 0.336 e. The average Bonchev–Trinajstić information content (AvgIpc) is 2.74. The Bertz CT molecular complexity index is 1080. The lowest BCUT2D eigenvalue weighted by Gasteiger charge is -2.19. The van der Waals surface area contributed by atoms with Gasteiger partial charge < -0.3 is 26.2 Å². The number of hydrogen-bond donors (Lipinski definition) is 5. The molecule has 6 N–H and O–H groups in total. The topological polar surface area (TPSA) is 157 Å². The molecule has 1 aromatic heterocycles. The van der Waals surface area contributed by atoms with Crippen molar-refractivity contribution in [3.8, 4) is 11.8 Å². The second-order valence-electron chi connectivity index (χ2n) is 6.52. The number of nitrogen functional groups attached to an aromatic ring is 1. The molecule has 9 nitrogen and oxygen atoms in total. The normalized spacial score (nSPS) is 12.4. The molecule has 1 aromatic carbocycles. The van der Waals surface area contributed by atoms with E-state index in [9.17, 15) is 19.6 Å². The van der Waals surface area contributed by atoms with Crippen LogP contribution in [-0.2, 0) is 0 Å². The number of nitrogens with zero attached hydrogens (tertiary/aromatic N) is 2. The van der Waals surface area contributed by atoms with Crippen molar-refractivity contribution < 1.29 is 19.0 Å². The Kier molecular flexibility index (Phi) is 7.65. The Labute approximate surface area is 178 Å². The number of carboxylic acids is 1. The van der Waals surface area contributed by atoms with Crippen molar-refractivity contribution >= 4 is 23.1 Å². The third-order valence-corrected chi connectivity index (χ3v) is 4.48. The molecule has 0 saturated heterocycles. The number of allylic oxidation sites excluding steroid dienone is 1. The van der Waals surface area contributed by atoms with Crippen LogP contribution in [0.4, 0.5) is 10.2 Å². The van der Waals surface area contributed by atoms with Crippen molar-refractivity contribution in [3.63, 3.8) is 0 Å². The number of carbonyl (C=O) groups is 1. The first-order valence-corrected chi connectivity index (χ1v) is 9.23. The van der Waals surface area contributed by atoms with Crippen molar-refractivity contribution in [2.75, 3.05) is 26.4 Å². The molecule has 0 amide bonds. The van der Waals surface area contributed by atoms with Crippen LogP contribution in [0.15, 0.2) is 36.2 Å². The van der Waals surface area contributed by atoms with Gasteiger partial charge >= 0.3 is 5.97 Å². The number of rotatable bonds is 9. The van der Waals surface area contributed by atoms with Gasteiger partial charge in [-0.25, -0.2) is 14.2 Å². The summed E-state index contributed by atoms with van der Waals surface area (Å²) in [4.78, 5) is 15.6. The summed E-state index contributed by atoms with van der Waals surface area (Å²) in [5, 5.41) is 32.6. The highest BCUT2D eigenvalue weighted by Gasteiger charge is 2.21. The molecule has 0 saturated carbocycles. The van der Waals surface area contributed by atoms with Crippen LogP contribution < -0.4 is 21.1 Å². The summed E-state index contributed by atoms with van der Waals surface area (Å²) in [6, 6.07) is 6.63. The van der Waals surface area contributed by atoms with Crippen LogP contribution in [0.3, 0.4) is 0 Å². The fourth-order valence-electron chi connectivity index (χ4n) is 3.01. The van der Waals surface area contributed by atoms with Crippen LogP contribution in [-0.4, -0.2) is 42.4 Å². The maximum absolute atomic E-state index is 13.7. The van der Waals surface area contributed by atoms with E-state index in [1.807, 2.05) is 6.07 Å². The molecule has 0 aliphatic carbocycles. The molecule has 0 spiro atoms. The molecule has 0 unspecified atom stereocenters. The highest BCUT2D eigenvalue weighted by molar-refractivity contribution is 6.30. The van der Waals surface area contributed by atoms with Gasteiger partial charge in [-0.3, -0.25) is 5.41 Å². The van der Waals surface area contributed by atoms with Crippen molar-refractivity contribution in [1.82, 2.24) is 15.6 Å². The monoisotopic (exact) mass is 426 g/mol. The zero-order valence-corrected chi connectivity index (χ0v) is 17.3. The first-order chi connectivity index (χ1) is 14.7. The predicted octanol–water partition coefficient (Wildman–Crippen LogP) is 2.33. The largest absolute Gasteiger partial charge is 0.482 e. The molecular weight excluding hydrogens is 403 g/mol. The van der Waals surface area contributed by atoms with Gasteiger partial charge in [0.2, 0.25) is 0 Å². The molecular formula is C21H23FN6O3. The van der Waals surface area contributed by atoms with E-state index in [2.05, 4.69) is 15.6 Å². The number of nitrogens with one attached hydrogen (secondary N) is 3. The zero-order valence-electron chi connectivity index (χ0n) is 17.3. The standard InChI is InChI=1S/C21H23FN6O3/c1-11(15-7-13(22)4-5-14(15)21(29)30)31-18-6-12(9-28-20(18)25)19(16(24)8-23)17(27-3)10-26-2/h4-7,9,11,24,26-27H,10H2,1-3H3,(H2,25,28)(H,29,30)/b19-17-,24-16?/t11-/m1/s1. The van der Waals surface area contributed by atoms with Crippen LogP contribution in [0.2, 0.25) is 0 Å². The lowest BCUT2D eigenvalue weighted by molar-refractivity contribution is 0.0691. The lowest BCUT2D eigenvalue weighted by atomic mass is 10.00. The third kappa shape index (κ3) is 5.34. The fourth-order valence-corrected chi connectivity index (χ4v) is 3.01. The number of halogens is 1. The van der Waals surface area contributed by atoms with Crippen LogP contribution in [0.1, 0.15) is 34.5 Å². The van der Waals surface area contributed by atoms with Crippen molar-refractivity contribution in [2.45, 2.75) is 13.0 Å². The minimum absolute atomic E-state index is 0.0198. The van der Waals surface area contributed by atoms with Gasteiger partial charge in [0, 0.05) is 42.2 Å². The number of anilines is 1. The van der Waals surface area contributed by atoms with Gasteiger partial charge in [0.05, 0.1) is 5.56 Å². The third-order valence-electron chi connectivity index (χ3n) is 4.48. The molecule has 2 rings (SSSR count). The smallest absolute Gasteiger partial charge is 0.336 e. The number of ether oxygens (including phenoxy) is 1. The Hall–Kier alpha value is -3.97. The number of pyridine rings is 1. The second kappa shape index (κ2) is 10.2. The zero-order chi connectivity index (χ0) is 23.1. The summed E-state index contributed by atoms with van der Waals surface area (Å²) in [7, 11) is 3.39. The summed E-state index contributed by atoms with van der Waals surface area (Å²) in [6.45, 7) is 1.92. The Morgan fingerprint density at radius 3 is 2.71 bits per heavy atom. The first-order valence-electron chi connectivity index (χ1n) is 9.23. The number of hydrogen-bond acceptors (Lipinski definition) is 8. The van der Waals surface area contributed by atoms with E-state index in [-0.39, 0.29) is 28.4 Å². The summed E-state index contributed by atoms with van der Waals surface area (Å²) in [5.74, 6) is -1.70. The maximum atomic E-state index is 13.7. The lowest BCUT2D eigenvalue weighted by Crippen LogP contribution is -2.23. The molecule has 0 aliphatic rings. The molecule has 10 heteroatoms. The van der Waals surface area contributed by atoms with E-state index >= 15 is 0 Å². The number of nitrogens with two attached hydrogens (primary N) is 1. The molecule has 0 aliphatic heterocycles. The number of nitriles is 1. The van der Waals surface area contributed by atoms with Crippen LogP contribution in [0, 0.1) is 22.6 Å². The number of carboxylic acid groups (broad SMARTS) is 1. The summed E-state index contributed by atoms with van der Waals surface area (Å²) >= 11 is 0. The Balaban J connectivity index is 2.53. The molecule has 1 atom stereocenters. The van der Waals surface area contributed by atoms with Crippen LogP contribution in [0.5, 0.6) is 5.75 Å². The van der Waals surface area contributed by atoms with E-state index in [1.54, 1.807) is 21.0 Å². The molecule has 162 valence electrons. The second-order valence-corrected chi connectivity index (χ2v) is 6.52. The van der Waals surface area contributed by atoms with Gasteiger partial charge in [0.1, 0.15) is 23.7 Å². The molecule has 31 heavy (non-hydrogen) atoms. The molecule has 0 radical (unpaired) electrons. The van der Waals surface area contributed by atoms with E-state index in [0.717, 1.165) is 18.2 Å². The summed E-state index contributed by atoms with van der Waals surface area (Å²) in [6.07, 6.45) is 0.538. The molecule has 1 heterocycles. The van der Waals surface area contributed by atoms with Gasteiger partial charge in [0.25, 0.3) is 0 Å². The molecule has 0 bridgehead atoms.